The van der Waals surface area contributed by atoms with Crippen molar-refractivity contribution in [2.75, 3.05) is 11.9 Å². The van der Waals surface area contributed by atoms with Crippen molar-refractivity contribution in [3.63, 3.8) is 0 Å². The van der Waals surface area contributed by atoms with Crippen molar-refractivity contribution in [1.82, 2.24) is 15.2 Å². The van der Waals surface area contributed by atoms with Gasteiger partial charge in [0.2, 0.25) is 0 Å². The lowest BCUT2D eigenvalue weighted by Crippen LogP contribution is -2.15. The van der Waals surface area contributed by atoms with Gasteiger partial charge in [-0.3, -0.25) is 10.1 Å². The van der Waals surface area contributed by atoms with Gasteiger partial charge in [0.15, 0.2) is 11.6 Å². The molecule has 6 nitrogen and oxygen atoms in total. The highest BCUT2D eigenvalue weighted by Crippen LogP contribution is 2.39. The average Bonchev–Trinajstić information content (AvgIpc) is 3.25. The molecule has 0 aliphatic rings. The van der Waals surface area contributed by atoms with Crippen LogP contribution in [-0.2, 0) is 0 Å². The number of pyridine rings is 1. The van der Waals surface area contributed by atoms with Crippen LogP contribution in [0.5, 0.6) is 5.75 Å². The Labute approximate surface area is 199 Å². The smallest absolute Gasteiger partial charge is 0.168 e. The number of anilines is 1. The van der Waals surface area contributed by atoms with Gasteiger partial charge in [0.25, 0.3) is 0 Å². The molecule has 3 aromatic carbocycles. The quantitative estimate of drug-likeness (QED) is 0.253. The summed E-state index contributed by atoms with van der Waals surface area (Å²) < 4.78 is 28.3. The maximum Gasteiger partial charge on any atom is 0.168 e. The van der Waals surface area contributed by atoms with Crippen molar-refractivity contribution >= 4 is 16.6 Å². The minimum atomic E-state index is -1.07. The summed E-state index contributed by atoms with van der Waals surface area (Å²) in [6, 6.07) is 18.1. The third-order valence-corrected chi connectivity index (χ3v) is 5.95. The van der Waals surface area contributed by atoms with Crippen LogP contribution in [0.3, 0.4) is 0 Å². The van der Waals surface area contributed by atoms with E-state index in [-0.39, 0.29) is 17.9 Å². The molecule has 5 aromatic rings. The number of aryl methyl sites for hydroxylation is 1. The van der Waals surface area contributed by atoms with Crippen LogP contribution in [0, 0.1) is 18.6 Å². The van der Waals surface area contributed by atoms with E-state index < -0.39 is 23.4 Å². The van der Waals surface area contributed by atoms with E-state index >= 15 is 0 Å². The summed E-state index contributed by atoms with van der Waals surface area (Å²) in [5, 5.41) is 31.7. The molecule has 0 saturated carbocycles. The van der Waals surface area contributed by atoms with Gasteiger partial charge in [-0.25, -0.2) is 8.78 Å². The number of aromatic amines is 1. The van der Waals surface area contributed by atoms with E-state index in [9.17, 15) is 19.0 Å². The number of halogens is 2. The third-order valence-electron chi connectivity index (χ3n) is 5.95. The van der Waals surface area contributed by atoms with Gasteiger partial charge in [-0.05, 0) is 42.3 Å². The van der Waals surface area contributed by atoms with Crippen molar-refractivity contribution in [2.45, 2.75) is 13.0 Å². The van der Waals surface area contributed by atoms with Crippen LogP contribution in [0.1, 0.15) is 17.3 Å². The molecule has 2 heterocycles. The third kappa shape index (κ3) is 4.31. The summed E-state index contributed by atoms with van der Waals surface area (Å²) >= 11 is 0. The minimum Gasteiger partial charge on any atom is -0.504 e. The zero-order valence-electron chi connectivity index (χ0n) is 18.8. The summed E-state index contributed by atoms with van der Waals surface area (Å²) in [6.07, 6.45) is 1.51. The molecule has 0 amide bonds. The molecule has 1 unspecified atom stereocenters. The number of rotatable bonds is 6. The summed E-state index contributed by atoms with van der Waals surface area (Å²) in [6.45, 7) is 1.74. The summed E-state index contributed by atoms with van der Waals surface area (Å²) in [5.41, 5.74) is 4.55. The van der Waals surface area contributed by atoms with Crippen LogP contribution in [-0.4, -0.2) is 32.0 Å². The van der Waals surface area contributed by atoms with Crippen LogP contribution in [0.4, 0.5) is 14.5 Å². The molecule has 8 heteroatoms. The largest absolute Gasteiger partial charge is 0.504 e. The Balaban J connectivity index is 1.67. The standard InChI is InChI=1S/C27H22F2N4O2/c1-15-20-9-17(7-8-24(20)33-32-15)21-12-19(31-25(14-34)16-5-3-2-4-6-16)13-30-26(21)22-10-18(28)11-23(29)27(22)35/h2-13,25,31,34-35H,14H2,1H3,(H,32,33). The number of phenols is 1. The lowest BCUT2D eigenvalue weighted by molar-refractivity contribution is 0.276. The van der Waals surface area contributed by atoms with E-state index in [0.717, 1.165) is 33.8 Å². The lowest BCUT2D eigenvalue weighted by Gasteiger charge is -2.20. The number of nitrogens with zero attached hydrogens (tertiary/aromatic N) is 2. The Morgan fingerprint density at radius 1 is 1.00 bits per heavy atom. The van der Waals surface area contributed by atoms with Gasteiger partial charge in [-0.15, -0.1) is 0 Å². The van der Waals surface area contributed by atoms with E-state index in [2.05, 4.69) is 20.5 Å². The molecule has 0 aliphatic carbocycles. The number of hydrogen-bond donors (Lipinski definition) is 4. The van der Waals surface area contributed by atoms with Crippen molar-refractivity contribution in [3.05, 3.63) is 95.8 Å². The number of phenolic OH excluding ortho intramolecular Hbond substituents is 1. The first-order valence-corrected chi connectivity index (χ1v) is 11.0. The monoisotopic (exact) mass is 472 g/mol. The van der Waals surface area contributed by atoms with Gasteiger partial charge in [0, 0.05) is 28.3 Å². The van der Waals surface area contributed by atoms with Gasteiger partial charge in [-0.2, -0.15) is 5.10 Å². The number of nitrogens with one attached hydrogen (secondary N) is 2. The zero-order valence-corrected chi connectivity index (χ0v) is 18.8. The van der Waals surface area contributed by atoms with E-state index in [1.807, 2.05) is 55.5 Å². The molecule has 0 aliphatic heterocycles. The molecular weight excluding hydrogens is 450 g/mol. The predicted molar refractivity (Wildman–Crippen MR) is 131 cm³/mol. The summed E-state index contributed by atoms with van der Waals surface area (Å²) in [5.74, 6) is -2.57. The maximum absolute atomic E-state index is 14.2. The molecule has 0 bridgehead atoms. The normalized spacial score (nSPS) is 12.1. The number of H-pyrrole nitrogens is 1. The maximum atomic E-state index is 14.2. The fraction of sp³-hybridized carbons (Fsp3) is 0.111. The molecule has 2 aromatic heterocycles. The fourth-order valence-corrected chi connectivity index (χ4v) is 4.15. The van der Waals surface area contributed by atoms with Crippen LogP contribution in [0.15, 0.2) is 72.9 Å². The Morgan fingerprint density at radius 2 is 1.80 bits per heavy atom. The second kappa shape index (κ2) is 9.15. The van der Waals surface area contributed by atoms with Gasteiger partial charge in [0.05, 0.1) is 35.7 Å². The number of benzene rings is 3. The molecule has 0 fully saturated rings. The van der Waals surface area contributed by atoms with E-state index in [4.69, 9.17) is 0 Å². The molecule has 0 spiro atoms. The molecule has 1 atom stereocenters. The molecule has 35 heavy (non-hydrogen) atoms. The average molecular weight is 472 g/mol. The second-order valence-corrected chi connectivity index (χ2v) is 8.27. The highest BCUT2D eigenvalue weighted by Gasteiger charge is 2.20. The molecule has 0 saturated heterocycles. The van der Waals surface area contributed by atoms with Crippen LogP contribution < -0.4 is 5.32 Å². The minimum absolute atomic E-state index is 0.0603. The van der Waals surface area contributed by atoms with E-state index in [0.29, 0.717) is 17.3 Å². The number of aromatic nitrogens is 3. The van der Waals surface area contributed by atoms with Gasteiger partial charge < -0.3 is 15.5 Å². The molecule has 4 N–H and O–H groups in total. The summed E-state index contributed by atoms with van der Waals surface area (Å²) in [4.78, 5) is 4.48. The van der Waals surface area contributed by atoms with Crippen molar-refractivity contribution in [1.29, 1.82) is 0 Å². The highest BCUT2D eigenvalue weighted by molar-refractivity contribution is 5.91. The van der Waals surface area contributed by atoms with Crippen molar-refractivity contribution in [3.8, 4) is 28.1 Å². The number of aliphatic hydroxyl groups excluding tert-OH is 1. The van der Waals surface area contributed by atoms with E-state index in [1.165, 1.54) is 6.20 Å². The molecule has 176 valence electrons. The SMILES string of the molecule is Cc1[nH]nc2ccc(-c3cc(NC(CO)c4ccccc4)cnc3-c3cc(F)cc(F)c3O)cc12. The first-order chi connectivity index (χ1) is 16.9. The Bertz CT molecular complexity index is 1520. The Hall–Kier alpha value is -4.30. The molecular formula is C27H22F2N4O2. The van der Waals surface area contributed by atoms with Gasteiger partial charge in [-0.1, -0.05) is 36.4 Å². The van der Waals surface area contributed by atoms with Crippen LogP contribution in [0.2, 0.25) is 0 Å². The Morgan fingerprint density at radius 3 is 2.57 bits per heavy atom. The number of aliphatic hydroxyl groups is 1. The van der Waals surface area contributed by atoms with Crippen LogP contribution >= 0.6 is 0 Å². The topological polar surface area (TPSA) is 94.1 Å². The predicted octanol–water partition coefficient (Wildman–Crippen LogP) is 5.73. The van der Waals surface area contributed by atoms with Crippen molar-refractivity contribution < 1.29 is 19.0 Å². The lowest BCUT2D eigenvalue weighted by atomic mass is 9.96. The number of hydrogen-bond acceptors (Lipinski definition) is 5. The molecule has 0 radical (unpaired) electrons. The second-order valence-electron chi connectivity index (χ2n) is 8.27. The first kappa shape index (κ1) is 22.5. The Kier molecular flexibility index (Phi) is 5.88. The summed E-state index contributed by atoms with van der Waals surface area (Å²) in [7, 11) is 0. The highest BCUT2D eigenvalue weighted by atomic mass is 19.1. The van der Waals surface area contributed by atoms with Crippen molar-refractivity contribution in [2.24, 2.45) is 0 Å². The van der Waals surface area contributed by atoms with E-state index in [1.54, 1.807) is 6.07 Å². The van der Waals surface area contributed by atoms with Gasteiger partial charge >= 0.3 is 0 Å². The van der Waals surface area contributed by atoms with Crippen LogP contribution in [0.25, 0.3) is 33.3 Å². The molecule has 5 rings (SSSR count). The first-order valence-electron chi connectivity index (χ1n) is 11.0. The van der Waals surface area contributed by atoms with Gasteiger partial charge in [0.1, 0.15) is 5.82 Å². The number of fused-ring (bicyclic) bond motifs is 1. The fourth-order valence-electron chi connectivity index (χ4n) is 4.15. The number of aromatic hydroxyl groups is 1. The zero-order chi connectivity index (χ0) is 24.5.